The van der Waals surface area contributed by atoms with Gasteiger partial charge in [0, 0.05) is 23.1 Å². The quantitative estimate of drug-likeness (QED) is 0.491. The summed E-state index contributed by atoms with van der Waals surface area (Å²) in [7, 11) is -3.91. The summed E-state index contributed by atoms with van der Waals surface area (Å²) in [6.45, 7) is 3.38. The summed E-state index contributed by atoms with van der Waals surface area (Å²) in [4.78, 5) is 27.4. The minimum Gasteiger partial charge on any atom is -0.354 e. The van der Waals surface area contributed by atoms with Crippen molar-refractivity contribution in [2.75, 3.05) is 23.7 Å². The van der Waals surface area contributed by atoms with Gasteiger partial charge in [-0.2, -0.15) is 0 Å². The van der Waals surface area contributed by atoms with Crippen molar-refractivity contribution in [2.24, 2.45) is 0 Å². The lowest BCUT2D eigenvalue weighted by Gasteiger charge is -2.32. The van der Waals surface area contributed by atoms with Crippen molar-refractivity contribution in [3.8, 4) is 0 Å². The molecule has 0 aliphatic heterocycles. The average molecular weight is 535 g/mol. The molecule has 0 radical (unpaired) electrons. The van der Waals surface area contributed by atoms with Gasteiger partial charge in [0.05, 0.1) is 17.0 Å². The average Bonchev–Trinajstić information content (AvgIpc) is 2.75. The topological polar surface area (TPSA) is 86.8 Å². The monoisotopic (exact) mass is 533 g/mol. The molecule has 1 atom stereocenters. The van der Waals surface area contributed by atoms with E-state index in [1.54, 1.807) is 31.2 Å². The first-order valence-electron chi connectivity index (χ1n) is 10.2. The van der Waals surface area contributed by atoms with Crippen molar-refractivity contribution in [2.45, 2.75) is 32.9 Å². The van der Waals surface area contributed by atoms with Crippen LogP contribution in [0.3, 0.4) is 0 Å². The summed E-state index contributed by atoms with van der Waals surface area (Å²) < 4.78 is 26.0. The summed E-state index contributed by atoms with van der Waals surface area (Å²) in [6, 6.07) is 10.4. The van der Waals surface area contributed by atoms with Gasteiger partial charge < -0.3 is 10.2 Å². The Hall–Kier alpha value is -2.00. The molecule has 0 aliphatic rings. The van der Waals surface area contributed by atoms with E-state index in [1.165, 1.54) is 23.1 Å². The van der Waals surface area contributed by atoms with E-state index in [0.717, 1.165) is 17.0 Å². The number of carbonyl (C=O) groups excluding carboxylic acids is 2. The van der Waals surface area contributed by atoms with Crippen molar-refractivity contribution < 1.29 is 18.0 Å². The molecule has 11 heteroatoms. The fraction of sp³-hybridized carbons (Fsp3) is 0.364. The Kier molecular flexibility index (Phi) is 9.84. The van der Waals surface area contributed by atoms with E-state index in [0.29, 0.717) is 17.1 Å². The first-order chi connectivity index (χ1) is 15.5. The highest BCUT2D eigenvalue weighted by atomic mass is 35.5. The predicted octanol–water partition coefficient (Wildman–Crippen LogP) is 4.36. The van der Waals surface area contributed by atoms with Gasteiger partial charge in [0.1, 0.15) is 12.6 Å². The van der Waals surface area contributed by atoms with E-state index in [9.17, 15) is 18.0 Å². The normalized spacial score (nSPS) is 12.2. The Labute approximate surface area is 209 Å². The highest BCUT2D eigenvalue weighted by Gasteiger charge is 2.31. The van der Waals surface area contributed by atoms with E-state index in [4.69, 9.17) is 34.8 Å². The molecular weight excluding hydrogens is 509 g/mol. The third kappa shape index (κ3) is 7.50. The molecule has 2 aromatic rings. The van der Waals surface area contributed by atoms with Crippen LogP contribution in [0.1, 0.15) is 25.8 Å². The molecule has 7 nitrogen and oxygen atoms in total. The second-order valence-electron chi connectivity index (χ2n) is 7.45. The molecule has 33 heavy (non-hydrogen) atoms. The van der Waals surface area contributed by atoms with Crippen molar-refractivity contribution >= 4 is 62.3 Å². The maximum atomic E-state index is 13.4. The lowest BCUT2D eigenvalue weighted by Crippen LogP contribution is -2.51. The van der Waals surface area contributed by atoms with Gasteiger partial charge in [0.15, 0.2) is 0 Å². The van der Waals surface area contributed by atoms with Gasteiger partial charge in [0.25, 0.3) is 0 Å². The van der Waals surface area contributed by atoms with E-state index in [2.05, 4.69) is 5.32 Å². The zero-order valence-corrected chi connectivity index (χ0v) is 21.6. The van der Waals surface area contributed by atoms with Crippen LogP contribution in [-0.2, 0) is 26.2 Å². The minimum absolute atomic E-state index is 0.0140. The van der Waals surface area contributed by atoms with Crippen molar-refractivity contribution in [1.82, 2.24) is 10.2 Å². The molecule has 0 saturated heterocycles. The highest BCUT2D eigenvalue weighted by Crippen LogP contribution is 2.31. The zero-order valence-electron chi connectivity index (χ0n) is 18.5. The summed E-state index contributed by atoms with van der Waals surface area (Å²) in [5.41, 5.74) is 0.690. The van der Waals surface area contributed by atoms with Crippen LogP contribution >= 0.6 is 34.8 Å². The zero-order chi connectivity index (χ0) is 24.8. The smallest absolute Gasteiger partial charge is 0.244 e. The number of rotatable bonds is 10. The largest absolute Gasteiger partial charge is 0.354 e. The van der Waals surface area contributed by atoms with Crippen LogP contribution in [0, 0.1) is 0 Å². The molecule has 0 aromatic heterocycles. The molecule has 0 bridgehead atoms. The number of sulfonamides is 1. The van der Waals surface area contributed by atoms with Gasteiger partial charge in [-0.15, -0.1) is 0 Å². The van der Waals surface area contributed by atoms with Crippen LogP contribution in [0.2, 0.25) is 15.1 Å². The molecular formula is C22H26Cl3N3O4S. The lowest BCUT2D eigenvalue weighted by molar-refractivity contribution is -0.139. The number of halogens is 3. The molecule has 1 N–H and O–H groups in total. The summed E-state index contributed by atoms with van der Waals surface area (Å²) in [5.74, 6) is -0.959. The van der Waals surface area contributed by atoms with Gasteiger partial charge in [-0.25, -0.2) is 8.42 Å². The number of benzene rings is 2. The summed E-state index contributed by atoms with van der Waals surface area (Å²) >= 11 is 18.5. The first kappa shape index (κ1) is 27.2. The lowest BCUT2D eigenvalue weighted by atomic mass is 10.1. The SMILES string of the molecule is CCCNC(=O)[C@@H](C)N(Cc1ccccc1Cl)C(=O)CN(c1cc(Cl)ccc1Cl)S(C)(=O)=O. The number of nitrogens with one attached hydrogen (secondary N) is 1. The van der Waals surface area contributed by atoms with Crippen LogP contribution < -0.4 is 9.62 Å². The molecule has 0 aliphatic carbocycles. The number of amides is 2. The maximum Gasteiger partial charge on any atom is 0.244 e. The van der Waals surface area contributed by atoms with Crippen molar-refractivity contribution in [3.63, 3.8) is 0 Å². The second kappa shape index (κ2) is 11.9. The van der Waals surface area contributed by atoms with Crippen LogP contribution in [0.25, 0.3) is 0 Å². The van der Waals surface area contributed by atoms with Crippen molar-refractivity contribution in [1.29, 1.82) is 0 Å². The predicted molar refractivity (Wildman–Crippen MR) is 133 cm³/mol. The molecule has 0 saturated carbocycles. The van der Waals surface area contributed by atoms with E-state index >= 15 is 0 Å². The molecule has 2 aromatic carbocycles. The number of hydrogen-bond acceptors (Lipinski definition) is 4. The van der Waals surface area contributed by atoms with Crippen molar-refractivity contribution in [3.05, 3.63) is 63.1 Å². The van der Waals surface area contributed by atoms with Gasteiger partial charge in [-0.3, -0.25) is 13.9 Å². The standard InChI is InChI=1S/C22H26Cl3N3O4S/c1-4-11-26-22(30)15(2)27(13-16-7-5-6-8-18(16)24)21(29)14-28(33(3,31)32)20-12-17(23)9-10-19(20)25/h5-10,12,15H,4,11,13-14H2,1-3H3,(H,26,30)/t15-/m1/s1. The molecule has 0 spiro atoms. The van der Waals surface area contributed by atoms with E-state index < -0.39 is 28.5 Å². The Balaban J connectivity index is 2.43. The second-order valence-corrected chi connectivity index (χ2v) is 10.6. The molecule has 0 unspecified atom stereocenters. The number of nitrogens with zero attached hydrogens (tertiary/aromatic N) is 2. The third-order valence-electron chi connectivity index (χ3n) is 4.87. The molecule has 180 valence electrons. The fourth-order valence-corrected chi connectivity index (χ4v) is 4.55. The summed E-state index contributed by atoms with van der Waals surface area (Å²) in [5, 5.41) is 3.56. The van der Waals surface area contributed by atoms with E-state index in [1.807, 2.05) is 6.92 Å². The Morgan fingerprint density at radius 2 is 1.73 bits per heavy atom. The van der Waals surface area contributed by atoms with Crippen LogP contribution in [0.4, 0.5) is 5.69 Å². The maximum absolute atomic E-state index is 13.4. The third-order valence-corrected chi connectivity index (χ3v) is 6.92. The molecule has 2 rings (SSSR count). The minimum atomic E-state index is -3.91. The number of hydrogen-bond donors (Lipinski definition) is 1. The van der Waals surface area contributed by atoms with Gasteiger partial charge in [0.2, 0.25) is 21.8 Å². The van der Waals surface area contributed by atoms with Crippen LogP contribution in [0.5, 0.6) is 0 Å². The molecule has 2 amide bonds. The fourth-order valence-electron chi connectivity index (χ4n) is 3.06. The Bertz CT molecular complexity index is 1110. The van der Waals surface area contributed by atoms with Gasteiger partial charge in [-0.05, 0) is 43.2 Å². The summed E-state index contributed by atoms with van der Waals surface area (Å²) in [6.07, 6.45) is 1.69. The molecule has 0 fully saturated rings. The van der Waals surface area contributed by atoms with Gasteiger partial charge >= 0.3 is 0 Å². The van der Waals surface area contributed by atoms with Crippen LogP contribution in [0.15, 0.2) is 42.5 Å². The first-order valence-corrected chi connectivity index (χ1v) is 13.2. The molecule has 0 heterocycles. The Morgan fingerprint density at radius 1 is 1.06 bits per heavy atom. The number of carbonyl (C=O) groups is 2. The van der Waals surface area contributed by atoms with Crippen LogP contribution in [-0.4, -0.2) is 50.5 Å². The van der Waals surface area contributed by atoms with Gasteiger partial charge in [-0.1, -0.05) is 59.9 Å². The Morgan fingerprint density at radius 3 is 2.33 bits per heavy atom. The number of anilines is 1. The van der Waals surface area contributed by atoms with E-state index in [-0.39, 0.29) is 28.2 Å². The highest BCUT2D eigenvalue weighted by molar-refractivity contribution is 7.92.